The lowest BCUT2D eigenvalue weighted by atomic mass is 10.0. The Kier molecular flexibility index (Phi) is 3.76. The summed E-state index contributed by atoms with van der Waals surface area (Å²) in [4.78, 5) is 22.6. The van der Waals surface area contributed by atoms with Gasteiger partial charge in [-0.3, -0.25) is 14.9 Å². The monoisotopic (exact) mass is 292 g/mol. The Balaban J connectivity index is 2.79. The maximum Gasteiger partial charge on any atom is 0.350 e. The van der Waals surface area contributed by atoms with Crippen molar-refractivity contribution in [1.82, 2.24) is 0 Å². The van der Waals surface area contributed by atoms with Gasteiger partial charge in [0, 0.05) is 15.6 Å². The maximum atomic E-state index is 12.0. The summed E-state index contributed by atoms with van der Waals surface area (Å²) in [5.74, 6) is 0. The minimum absolute atomic E-state index is 0.321. The van der Waals surface area contributed by atoms with Crippen LogP contribution < -0.4 is 10.1 Å². The second kappa shape index (κ2) is 5.20. The van der Waals surface area contributed by atoms with E-state index in [0.29, 0.717) is 11.1 Å². The van der Waals surface area contributed by atoms with Crippen molar-refractivity contribution in [2.24, 2.45) is 0 Å². The summed E-state index contributed by atoms with van der Waals surface area (Å²) >= 11 is 0.907. The second-order valence-corrected chi connectivity index (χ2v) is 6.24. The van der Waals surface area contributed by atoms with Gasteiger partial charge in [-0.1, -0.05) is 36.5 Å². The molecule has 0 aliphatic heterocycles. The van der Waals surface area contributed by atoms with Gasteiger partial charge in [0.25, 0.3) is 0 Å². The molecule has 0 saturated heterocycles. The zero-order valence-corrected chi connectivity index (χ0v) is 12.4. The van der Waals surface area contributed by atoms with Crippen LogP contribution in [0.25, 0.3) is 10.1 Å². The molecule has 1 aromatic carbocycles. The van der Waals surface area contributed by atoms with Gasteiger partial charge in [-0.25, -0.2) is 0 Å². The molecule has 1 heterocycles. The van der Waals surface area contributed by atoms with E-state index < -0.39 is 9.67 Å². The predicted octanol–water partition coefficient (Wildman–Crippen LogP) is 3.77. The van der Waals surface area contributed by atoms with Crippen LogP contribution in [0.4, 0.5) is 11.4 Å². The zero-order valence-electron chi connectivity index (χ0n) is 11.6. The average Bonchev–Trinajstić information content (AvgIpc) is 2.37. The van der Waals surface area contributed by atoms with Crippen LogP contribution in [0.15, 0.2) is 29.1 Å². The first-order chi connectivity index (χ1) is 9.35. The van der Waals surface area contributed by atoms with Gasteiger partial charge in [0.05, 0.1) is 4.92 Å². The standard InChI is InChI=1S/C14H16N2O3S/c1-4-14(2,3)15-11-9-7-5-6-8-10(9)20-13(17)12(11)16(18)19/h5-8,15H,4H2,1-3H3. The molecule has 0 saturated carbocycles. The van der Waals surface area contributed by atoms with Crippen LogP contribution in [0.1, 0.15) is 27.2 Å². The predicted molar refractivity (Wildman–Crippen MR) is 82.7 cm³/mol. The van der Waals surface area contributed by atoms with Crippen LogP contribution in [-0.2, 0) is 0 Å². The Morgan fingerprint density at radius 3 is 2.60 bits per heavy atom. The molecule has 20 heavy (non-hydrogen) atoms. The van der Waals surface area contributed by atoms with Crippen molar-refractivity contribution in [1.29, 1.82) is 0 Å². The van der Waals surface area contributed by atoms with Crippen LogP contribution in [0.2, 0.25) is 0 Å². The third kappa shape index (κ3) is 2.65. The quantitative estimate of drug-likeness (QED) is 0.687. The number of anilines is 1. The number of hydrogen-bond acceptors (Lipinski definition) is 5. The fourth-order valence-electron chi connectivity index (χ4n) is 1.86. The molecule has 0 radical (unpaired) electrons. The van der Waals surface area contributed by atoms with E-state index in [9.17, 15) is 14.9 Å². The molecule has 0 fully saturated rings. The largest absolute Gasteiger partial charge is 0.374 e. The third-order valence-corrected chi connectivity index (χ3v) is 4.27. The summed E-state index contributed by atoms with van der Waals surface area (Å²) in [5.41, 5.74) is -0.372. The van der Waals surface area contributed by atoms with Crippen molar-refractivity contribution < 1.29 is 4.92 Å². The van der Waals surface area contributed by atoms with Gasteiger partial charge in [-0.15, -0.1) is 0 Å². The van der Waals surface area contributed by atoms with Crippen molar-refractivity contribution in [3.05, 3.63) is 43.9 Å². The van der Waals surface area contributed by atoms with Crippen LogP contribution in [-0.4, -0.2) is 10.5 Å². The van der Waals surface area contributed by atoms with Crippen molar-refractivity contribution in [2.45, 2.75) is 32.7 Å². The SMILES string of the molecule is CCC(C)(C)Nc1c([N+](=O)[O-])c(=O)sc2ccccc12. The smallest absolute Gasteiger partial charge is 0.350 e. The van der Waals surface area contributed by atoms with Crippen LogP contribution in [0.5, 0.6) is 0 Å². The molecule has 0 unspecified atom stereocenters. The molecule has 106 valence electrons. The van der Waals surface area contributed by atoms with Crippen molar-refractivity contribution in [2.75, 3.05) is 5.32 Å². The highest BCUT2D eigenvalue weighted by Crippen LogP contribution is 2.34. The maximum absolute atomic E-state index is 12.0. The lowest BCUT2D eigenvalue weighted by Crippen LogP contribution is -2.30. The van der Waals surface area contributed by atoms with E-state index in [-0.39, 0.29) is 11.2 Å². The highest BCUT2D eigenvalue weighted by Gasteiger charge is 2.26. The molecule has 6 heteroatoms. The normalized spacial score (nSPS) is 11.6. The van der Waals surface area contributed by atoms with Crippen LogP contribution in [0, 0.1) is 10.1 Å². The zero-order chi connectivity index (χ0) is 14.9. The van der Waals surface area contributed by atoms with Gasteiger partial charge in [-0.05, 0) is 26.3 Å². The lowest BCUT2D eigenvalue weighted by Gasteiger charge is -2.26. The highest BCUT2D eigenvalue weighted by molar-refractivity contribution is 7.16. The van der Waals surface area contributed by atoms with Gasteiger partial charge in [0.15, 0.2) is 0 Å². The molecule has 0 aliphatic rings. The van der Waals surface area contributed by atoms with Gasteiger partial charge in [-0.2, -0.15) is 0 Å². The average molecular weight is 292 g/mol. The summed E-state index contributed by atoms with van der Waals surface area (Å²) < 4.78 is 0.223. The number of nitrogens with zero attached hydrogens (tertiary/aromatic N) is 1. The van der Waals surface area contributed by atoms with E-state index in [1.165, 1.54) is 0 Å². The number of rotatable bonds is 4. The molecule has 1 aromatic heterocycles. The summed E-state index contributed by atoms with van der Waals surface area (Å²) in [7, 11) is 0. The molecule has 0 amide bonds. The number of nitro groups is 1. The van der Waals surface area contributed by atoms with E-state index in [4.69, 9.17) is 0 Å². The van der Waals surface area contributed by atoms with Gasteiger partial charge in [0.1, 0.15) is 5.69 Å². The summed E-state index contributed by atoms with van der Waals surface area (Å²) in [6, 6.07) is 7.23. The molecule has 2 aromatic rings. The van der Waals surface area contributed by atoms with E-state index in [0.717, 1.165) is 22.5 Å². The first kappa shape index (κ1) is 14.5. The molecule has 1 N–H and O–H groups in total. The molecule has 0 aliphatic carbocycles. The number of hydrogen-bond donors (Lipinski definition) is 1. The Labute approximate surface area is 120 Å². The minimum Gasteiger partial charge on any atom is -0.374 e. The summed E-state index contributed by atoms with van der Waals surface area (Å²) in [6.45, 7) is 5.89. The van der Waals surface area contributed by atoms with Crippen LogP contribution in [0.3, 0.4) is 0 Å². The molecule has 0 bridgehead atoms. The van der Waals surface area contributed by atoms with Gasteiger partial charge < -0.3 is 5.32 Å². The number of benzene rings is 1. The van der Waals surface area contributed by atoms with Crippen LogP contribution >= 0.6 is 11.3 Å². The Morgan fingerprint density at radius 1 is 1.35 bits per heavy atom. The fraction of sp³-hybridized carbons (Fsp3) is 0.357. The molecule has 5 nitrogen and oxygen atoms in total. The topological polar surface area (TPSA) is 72.2 Å². The number of nitrogens with one attached hydrogen (secondary N) is 1. The molecule has 0 atom stereocenters. The van der Waals surface area contributed by atoms with E-state index in [2.05, 4.69) is 5.32 Å². The van der Waals surface area contributed by atoms with E-state index >= 15 is 0 Å². The highest BCUT2D eigenvalue weighted by atomic mass is 32.1. The molecular weight excluding hydrogens is 276 g/mol. The molecule has 2 rings (SSSR count). The number of fused-ring (bicyclic) bond motifs is 1. The summed E-state index contributed by atoms with van der Waals surface area (Å²) in [5, 5.41) is 15.1. The van der Waals surface area contributed by atoms with Gasteiger partial charge >= 0.3 is 10.4 Å². The second-order valence-electron chi connectivity index (χ2n) is 5.23. The Morgan fingerprint density at radius 2 is 2.00 bits per heavy atom. The van der Waals surface area contributed by atoms with Crippen molar-refractivity contribution >= 4 is 32.8 Å². The fourth-order valence-corrected chi connectivity index (χ4v) is 2.76. The molecular formula is C14H16N2O3S. The first-order valence-electron chi connectivity index (χ1n) is 6.34. The Hall–Kier alpha value is -1.95. The van der Waals surface area contributed by atoms with E-state index in [1.54, 1.807) is 12.1 Å². The summed E-state index contributed by atoms with van der Waals surface area (Å²) in [6.07, 6.45) is 0.783. The van der Waals surface area contributed by atoms with E-state index in [1.807, 2.05) is 32.9 Å². The lowest BCUT2D eigenvalue weighted by molar-refractivity contribution is -0.384. The first-order valence-corrected chi connectivity index (χ1v) is 7.16. The van der Waals surface area contributed by atoms with Crippen molar-refractivity contribution in [3.8, 4) is 0 Å². The minimum atomic E-state index is -0.598. The van der Waals surface area contributed by atoms with Gasteiger partial charge in [0.2, 0.25) is 0 Å². The Bertz CT molecular complexity index is 722. The molecule has 0 spiro atoms. The van der Waals surface area contributed by atoms with Crippen molar-refractivity contribution in [3.63, 3.8) is 0 Å². The third-order valence-electron chi connectivity index (χ3n) is 3.32.